The van der Waals surface area contributed by atoms with Crippen LogP contribution in [0, 0.1) is 28.7 Å². The quantitative estimate of drug-likeness (QED) is 0.471. The van der Waals surface area contributed by atoms with E-state index in [9.17, 15) is 28.5 Å². The van der Waals surface area contributed by atoms with Gasteiger partial charge in [-0.1, -0.05) is 0 Å². The van der Waals surface area contributed by atoms with Crippen LogP contribution in [0.25, 0.3) is 0 Å². The van der Waals surface area contributed by atoms with E-state index in [2.05, 4.69) is 5.32 Å². The summed E-state index contributed by atoms with van der Waals surface area (Å²) in [5.41, 5.74) is -2.39. The number of imide groups is 1. The fraction of sp³-hybridized carbons (Fsp3) is 0.231. The Labute approximate surface area is 128 Å². The number of rotatable bonds is 5. The molecule has 1 aliphatic heterocycles. The molecule has 2 amide bonds. The van der Waals surface area contributed by atoms with Crippen molar-refractivity contribution in [2.45, 2.75) is 6.92 Å². The van der Waals surface area contributed by atoms with Gasteiger partial charge in [-0.15, -0.1) is 0 Å². The number of aliphatic hydroxyl groups excluding tert-OH is 1. The first kappa shape index (κ1) is 16.5. The number of amides is 2. The molecule has 0 aromatic heterocycles. The van der Waals surface area contributed by atoms with Crippen molar-refractivity contribution in [3.05, 3.63) is 45.2 Å². The predicted octanol–water partition coefficient (Wildman–Crippen LogP) is 0.838. The van der Waals surface area contributed by atoms with E-state index in [-0.39, 0.29) is 12.2 Å². The standard InChI is InChI=1S/C13H11F2N3O5/c1-6-11(14)7(4-9(12(6)15)18(22)23)16-8-5-10(20)17(2-3-19)13(8)21/h4-5,16,19H,2-3H2,1H3. The molecule has 0 radical (unpaired) electrons. The van der Waals surface area contributed by atoms with Crippen molar-refractivity contribution in [1.29, 1.82) is 0 Å². The molecule has 10 heteroatoms. The largest absolute Gasteiger partial charge is 0.395 e. The molecule has 0 bridgehead atoms. The Morgan fingerprint density at radius 2 is 2.00 bits per heavy atom. The third-order valence-corrected chi connectivity index (χ3v) is 3.20. The van der Waals surface area contributed by atoms with Gasteiger partial charge in [0.1, 0.15) is 5.70 Å². The van der Waals surface area contributed by atoms with Crippen LogP contribution in [-0.4, -0.2) is 39.9 Å². The Morgan fingerprint density at radius 3 is 2.57 bits per heavy atom. The molecule has 0 fully saturated rings. The summed E-state index contributed by atoms with van der Waals surface area (Å²) < 4.78 is 27.7. The number of carbonyl (C=O) groups excluding carboxylic acids is 2. The monoisotopic (exact) mass is 327 g/mol. The third-order valence-electron chi connectivity index (χ3n) is 3.20. The van der Waals surface area contributed by atoms with E-state index in [4.69, 9.17) is 5.11 Å². The van der Waals surface area contributed by atoms with Crippen LogP contribution >= 0.6 is 0 Å². The second-order valence-electron chi connectivity index (χ2n) is 4.65. The molecule has 0 saturated carbocycles. The molecule has 8 nitrogen and oxygen atoms in total. The number of hydrogen-bond donors (Lipinski definition) is 2. The smallest absolute Gasteiger partial charge is 0.307 e. The zero-order valence-corrected chi connectivity index (χ0v) is 11.8. The molecule has 1 aromatic rings. The van der Waals surface area contributed by atoms with Crippen LogP contribution in [0.3, 0.4) is 0 Å². The average Bonchev–Trinajstić information content (AvgIpc) is 2.75. The summed E-state index contributed by atoms with van der Waals surface area (Å²) in [5.74, 6) is -3.98. The molecule has 23 heavy (non-hydrogen) atoms. The zero-order chi connectivity index (χ0) is 17.3. The number of halogens is 2. The minimum Gasteiger partial charge on any atom is -0.395 e. The number of nitrogens with one attached hydrogen (secondary N) is 1. The van der Waals surface area contributed by atoms with Crippen LogP contribution in [-0.2, 0) is 9.59 Å². The molecule has 1 aromatic carbocycles. The van der Waals surface area contributed by atoms with E-state index in [0.717, 1.165) is 13.0 Å². The third kappa shape index (κ3) is 2.88. The van der Waals surface area contributed by atoms with Gasteiger partial charge in [0.25, 0.3) is 11.8 Å². The van der Waals surface area contributed by atoms with Crippen LogP contribution in [0.1, 0.15) is 5.56 Å². The van der Waals surface area contributed by atoms with Crippen molar-refractivity contribution in [3.63, 3.8) is 0 Å². The molecule has 1 aliphatic rings. The molecule has 0 unspecified atom stereocenters. The maximum atomic E-state index is 14.0. The lowest BCUT2D eigenvalue weighted by Gasteiger charge is -2.14. The highest BCUT2D eigenvalue weighted by Crippen LogP contribution is 2.30. The van der Waals surface area contributed by atoms with Gasteiger partial charge in [0.15, 0.2) is 5.82 Å². The summed E-state index contributed by atoms with van der Waals surface area (Å²) in [4.78, 5) is 34.0. The first-order chi connectivity index (χ1) is 10.8. The van der Waals surface area contributed by atoms with Gasteiger partial charge >= 0.3 is 5.69 Å². The highest BCUT2D eigenvalue weighted by Gasteiger charge is 2.32. The Hall–Kier alpha value is -2.88. The van der Waals surface area contributed by atoms with Gasteiger partial charge in [-0.25, -0.2) is 4.39 Å². The number of anilines is 1. The van der Waals surface area contributed by atoms with Gasteiger partial charge in [0, 0.05) is 17.7 Å². The molecule has 0 atom stereocenters. The van der Waals surface area contributed by atoms with Gasteiger partial charge in [-0.2, -0.15) is 4.39 Å². The molecule has 0 saturated heterocycles. The minimum absolute atomic E-state index is 0.246. The van der Waals surface area contributed by atoms with Crippen molar-refractivity contribution >= 4 is 23.2 Å². The lowest BCUT2D eigenvalue weighted by Crippen LogP contribution is -2.34. The second-order valence-corrected chi connectivity index (χ2v) is 4.65. The number of benzene rings is 1. The van der Waals surface area contributed by atoms with Crippen molar-refractivity contribution in [2.24, 2.45) is 0 Å². The molecule has 1 heterocycles. The van der Waals surface area contributed by atoms with E-state index in [1.807, 2.05) is 0 Å². The lowest BCUT2D eigenvalue weighted by molar-refractivity contribution is -0.387. The normalized spacial score (nSPS) is 14.3. The highest BCUT2D eigenvalue weighted by molar-refractivity contribution is 6.17. The van der Waals surface area contributed by atoms with Gasteiger partial charge in [0.2, 0.25) is 5.82 Å². The van der Waals surface area contributed by atoms with E-state index in [1.54, 1.807) is 0 Å². The number of aliphatic hydroxyl groups is 1. The topological polar surface area (TPSA) is 113 Å². The van der Waals surface area contributed by atoms with Gasteiger partial charge < -0.3 is 10.4 Å². The summed E-state index contributed by atoms with van der Waals surface area (Å²) >= 11 is 0. The van der Waals surface area contributed by atoms with Crippen LogP contribution < -0.4 is 5.32 Å². The van der Waals surface area contributed by atoms with Crippen molar-refractivity contribution in [2.75, 3.05) is 18.5 Å². The minimum atomic E-state index is -1.32. The summed E-state index contributed by atoms with van der Waals surface area (Å²) in [7, 11) is 0. The number of nitro benzene ring substituents is 1. The molecule has 0 spiro atoms. The van der Waals surface area contributed by atoms with Gasteiger partial charge in [0.05, 0.1) is 23.8 Å². The van der Waals surface area contributed by atoms with Crippen molar-refractivity contribution in [3.8, 4) is 0 Å². The highest BCUT2D eigenvalue weighted by atomic mass is 19.1. The van der Waals surface area contributed by atoms with Crippen molar-refractivity contribution in [1.82, 2.24) is 4.90 Å². The van der Waals surface area contributed by atoms with Crippen LogP contribution in [0.5, 0.6) is 0 Å². The summed E-state index contributed by atoms with van der Waals surface area (Å²) in [6.45, 7) is 0.315. The maximum absolute atomic E-state index is 14.0. The van der Waals surface area contributed by atoms with Crippen LogP contribution in [0.2, 0.25) is 0 Å². The number of nitro groups is 1. The molecular weight excluding hydrogens is 316 g/mol. The van der Waals surface area contributed by atoms with Gasteiger partial charge in [-0.3, -0.25) is 24.6 Å². The van der Waals surface area contributed by atoms with E-state index < -0.39 is 51.9 Å². The average molecular weight is 327 g/mol. The maximum Gasteiger partial charge on any atom is 0.307 e. The van der Waals surface area contributed by atoms with Crippen LogP contribution in [0.15, 0.2) is 17.8 Å². The molecule has 2 rings (SSSR count). The van der Waals surface area contributed by atoms with Crippen LogP contribution in [0.4, 0.5) is 20.2 Å². The predicted molar refractivity (Wildman–Crippen MR) is 73.3 cm³/mol. The van der Waals surface area contributed by atoms with E-state index >= 15 is 0 Å². The number of carbonyl (C=O) groups is 2. The molecular formula is C13H11F2N3O5. The molecule has 2 N–H and O–H groups in total. The SMILES string of the molecule is Cc1c(F)c(NC2=CC(=O)N(CCO)C2=O)cc([N+](=O)[O-])c1F. The van der Waals surface area contributed by atoms with E-state index in [0.29, 0.717) is 11.0 Å². The first-order valence-corrected chi connectivity index (χ1v) is 6.36. The second kappa shape index (κ2) is 6.08. The fourth-order valence-electron chi connectivity index (χ4n) is 2.03. The Bertz CT molecular complexity index is 748. The fourth-order valence-corrected chi connectivity index (χ4v) is 2.03. The zero-order valence-electron chi connectivity index (χ0n) is 11.8. The van der Waals surface area contributed by atoms with E-state index in [1.165, 1.54) is 0 Å². The number of hydrogen-bond acceptors (Lipinski definition) is 6. The first-order valence-electron chi connectivity index (χ1n) is 6.36. The summed E-state index contributed by atoms with van der Waals surface area (Å²) in [6, 6.07) is 0.602. The van der Waals surface area contributed by atoms with Gasteiger partial charge in [-0.05, 0) is 6.92 Å². The number of nitrogens with zero attached hydrogens (tertiary/aromatic N) is 2. The lowest BCUT2D eigenvalue weighted by atomic mass is 10.1. The summed E-state index contributed by atoms with van der Waals surface area (Å²) in [6.07, 6.45) is 0.863. The molecule has 122 valence electrons. The Kier molecular flexibility index (Phi) is 4.36. The Balaban J connectivity index is 2.38. The summed E-state index contributed by atoms with van der Waals surface area (Å²) in [5, 5.41) is 21.8. The van der Waals surface area contributed by atoms with Crippen molar-refractivity contribution < 1.29 is 28.4 Å². The molecule has 0 aliphatic carbocycles. The number of β-amino-alcohol motifs (C(OH)–C–C–N with tert-alkyl or cyclic N) is 1. The Morgan fingerprint density at radius 1 is 1.35 bits per heavy atom.